The van der Waals surface area contributed by atoms with E-state index in [1.165, 1.54) is 92.2 Å². The van der Waals surface area contributed by atoms with E-state index in [0.29, 0.717) is 0 Å². The number of aryl methyl sites for hydroxylation is 1. The van der Waals surface area contributed by atoms with Crippen molar-refractivity contribution in [3.8, 4) is 54.5 Å². The standard InChI is InChI=1S/C31H18NOS.C26H16NOS.2C5H8O2.2Ir/c1-3-10-20(11-4-1)29-25-19-32-26(18-28(25)34-31(29)21-12-5-2-6-13-21)24-16-9-15-23-22-14-7-8-17-27(22)33-30(23)24;1-16-21-15-27-22(14-24(21)29-26(16)17-8-3-2-4-9-17)20-12-7-11-19-18-10-5-6-13-23(18)28-25(19)20;2*1-4(6)3-5(2)7;;/h1-15,17-19H;2-11,13-15H,1H3;2*3,6H,1-2H3;;/q2*-1;;;;. The summed E-state index contributed by atoms with van der Waals surface area (Å²) in [6, 6.07) is 67.1. The molecule has 6 aromatic heterocycles. The molecule has 0 bridgehead atoms. The number of hydrogen-bond acceptors (Lipinski definition) is 10. The van der Waals surface area contributed by atoms with Gasteiger partial charge in [0.05, 0.1) is 22.7 Å². The number of carbonyl (C=O) groups is 2. The molecule has 8 nitrogen and oxygen atoms in total. The Labute approximate surface area is 492 Å². The molecule has 0 amide bonds. The van der Waals surface area contributed by atoms with Gasteiger partial charge in [0, 0.05) is 111 Å². The summed E-state index contributed by atoms with van der Waals surface area (Å²) in [7, 11) is 0. The number of furan rings is 2. The molecule has 13 aromatic rings. The molecule has 396 valence electrons. The Hall–Kier alpha value is -7.92. The van der Waals surface area contributed by atoms with E-state index in [1.54, 1.807) is 11.3 Å². The van der Waals surface area contributed by atoms with E-state index in [1.807, 2.05) is 72.3 Å². The van der Waals surface area contributed by atoms with Crippen molar-refractivity contribution in [1.29, 1.82) is 0 Å². The number of fused-ring (bicyclic) bond motifs is 8. The monoisotopic (exact) mass is 1430 g/mol. The van der Waals surface area contributed by atoms with Crippen molar-refractivity contribution >= 4 is 98.3 Å². The Morgan fingerprint density at radius 3 is 1.32 bits per heavy atom. The number of hydrogen-bond donors (Lipinski definition) is 2. The molecule has 0 aliphatic heterocycles. The minimum absolute atomic E-state index is 0. The number of thiophene rings is 2. The second-order valence-electron chi connectivity index (χ2n) is 18.3. The molecule has 12 heteroatoms. The van der Waals surface area contributed by atoms with Gasteiger partial charge >= 0.3 is 0 Å². The first-order valence-corrected chi connectivity index (χ1v) is 26.4. The first-order valence-electron chi connectivity index (χ1n) is 24.8. The van der Waals surface area contributed by atoms with Gasteiger partial charge in [-0.05, 0) is 80.4 Å². The predicted molar refractivity (Wildman–Crippen MR) is 318 cm³/mol. The van der Waals surface area contributed by atoms with Crippen molar-refractivity contribution < 1.29 is 68.8 Å². The number of allylic oxidation sites excluding steroid dienone is 4. The second kappa shape index (κ2) is 25.7. The fraction of sp³-hybridized carbons (Fsp3) is 0.0746. The molecule has 0 unspecified atom stereocenters. The minimum Gasteiger partial charge on any atom is -0.512 e. The Balaban J connectivity index is 0.000000166. The summed E-state index contributed by atoms with van der Waals surface area (Å²) < 4.78 is 14.9. The van der Waals surface area contributed by atoms with Gasteiger partial charge in [0.2, 0.25) is 0 Å². The van der Waals surface area contributed by atoms with Gasteiger partial charge in [-0.3, -0.25) is 9.59 Å². The summed E-state index contributed by atoms with van der Waals surface area (Å²) >= 11 is 3.62. The van der Waals surface area contributed by atoms with E-state index in [9.17, 15) is 9.59 Å². The van der Waals surface area contributed by atoms with E-state index in [0.717, 1.165) is 71.8 Å². The van der Waals surface area contributed by atoms with Crippen LogP contribution >= 0.6 is 22.7 Å². The molecule has 2 radical (unpaired) electrons. The Morgan fingerprint density at radius 1 is 0.481 bits per heavy atom. The molecule has 13 rings (SSSR count). The molecular weight excluding hydrogens is 1380 g/mol. The zero-order chi connectivity index (χ0) is 53.6. The zero-order valence-electron chi connectivity index (χ0n) is 43.5. The number of aliphatic hydroxyl groups is 2. The van der Waals surface area contributed by atoms with Crippen LogP contribution in [-0.2, 0) is 49.8 Å². The third-order valence-corrected chi connectivity index (χ3v) is 15.1. The van der Waals surface area contributed by atoms with E-state index in [-0.39, 0.29) is 63.3 Å². The molecule has 2 N–H and O–H groups in total. The largest absolute Gasteiger partial charge is 0.512 e. The third-order valence-electron chi connectivity index (χ3n) is 12.5. The van der Waals surface area contributed by atoms with E-state index < -0.39 is 0 Å². The Morgan fingerprint density at radius 2 is 0.873 bits per heavy atom. The normalized spacial score (nSPS) is 11.3. The fourth-order valence-corrected chi connectivity index (χ4v) is 11.7. The molecule has 6 heterocycles. The topological polar surface area (TPSA) is 127 Å². The Kier molecular flexibility index (Phi) is 18.6. The molecule has 0 saturated heterocycles. The smallest absolute Gasteiger partial charge is 0.155 e. The number of para-hydroxylation sites is 2. The number of rotatable bonds is 7. The van der Waals surface area contributed by atoms with Crippen molar-refractivity contribution in [2.75, 3.05) is 0 Å². The first kappa shape index (κ1) is 57.3. The number of ketones is 2. The first-order chi connectivity index (χ1) is 37.4. The maximum Gasteiger partial charge on any atom is 0.155 e. The third kappa shape index (κ3) is 12.7. The second-order valence-corrected chi connectivity index (χ2v) is 20.4. The van der Waals surface area contributed by atoms with Crippen LogP contribution < -0.4 is 0 Å². The molecule has 7 aromatic carbocycles. The quantitative estimate of drug-likeness (QED) is 0.0918. The molecule has 0 spiro atoms. The van der Waals surface area contributed by atoms with Gasteiger partial charge < -0.3 is 29.0 Å². The zero-order valence-corrected chi connectivity index (χ0v) is 49.9. The van der Waals surface area contributed by atoms with Crippen molar-refractivity contribution in [3.05, 3.63) is 230 Å². The van der Waals surface area contributed by atoms with Crippen molar-refractivity contribution in [3.63, 3.8) is 0 Å². The van der Waals surface area contributed by atoms with Crippen LogP contribution in [0.4, 0.5) is 0 Å². The summed E-state index contributed by atoms with van der Waals surface area (Å²) in [6.07, 6.45) is 6.32. The van der Waals surface area contributed by atoms with Crippen LogP contribution in [-0.4, -0.2) is 31.7 Å². The summed E-state index contributed by atoms with van der Waals surface area (Å²) in [4.78, 5) is 32.3. The maximum absolute atomic E-state index is 10.0. The molecule has 0 atom stereocenters. The van der Waals surface area contributed by atoms with Gasteiger partial charge in [-0.2, -0.15) is 0 Å². The number of benzene rings is 7. The number of aliphatic hydroxyl groups excluding tert-OH is 2. The summed E-state index contributed by atoms with van der Waals surface area (Å²) in [5, 5.41) is 23.5. The van der Waals surface area contributed by atoms with E-state index >= 15 is 0 Å². The van der Waals surface area contributed by atoms with Crippen molar-refractivity contribution in [2.45, 2.75) is 34.6 Å². The Bertz CT molecular complexity index is 4310. The van der Waals surface area contributed by atoms with Gasteiger partial charge in [-0.1, -0.05) is 161 Å². The summed E-state index contributed by atoms with van der Waals surface area (Å²) in [5.74, 6) is -0.125. The van der Waals surface area contributed by atoms with Crippen molar-refractivity contribution in [1.82, 2.24) is 9.97 Å². The molecule has 79 heavy (non-hydrogen) atoms. The molecule has 0 aliphatic rings. The van der Waals surface area contributed by atoms with Crippen LogP contribution in [0.25, 0.3) is 119 Å². The van der Waals surface area contributed by atoms with Crippen LogP contribution in [0.3, 0.4) is 0 Å². The molecule has 0 fully saturated rings. The SMILES string of the molecule is CC(=O)C=C(C)O.CC(=O)C=C(C)O.Cc1c(-c2ccccc2)sc2cc(-c3[c-]ccc4c3oc3ccccc34)ncc12.[Ir].[Ir].[c-]1ccc2c(oc3ccccc32)c1-c1cc2sc(-c3ccccc3)c(-c3ccccc3)c2cn1. The van der Waals surface area contributed by atoms with Gasteiger partial charge in [0.15, 0.2) is 11.6 Å². The van der Waals surface area contributed by atoms with E-state index in [4.69, 9.17) is 29.0 Å². The van der Waals surface area contributed by atoms with Crippen LogP contribution in [0.15, 0.2) is 221 Å². The van der Waals surface area contributed by atoms with Gasteiger partial charge in [-0.15, -0.1) is 59.1 Å². The average molecular weight is 1430 g/mol. The van der Waals surface area contributed by atoms with Crippen LogP contribution in [0.5, 0.6) is 0 Å². The molecule has 0 aliphatic carbocycles. The number of aromatic nitrogens is 2. The minimum atomic E-state index is -0.125. The number of nitrogens with zero attached hydrogens (tertiary/aromatic N) is 2. The maximum atomic E-state index is 10.0. The number of carbonyl (C=O) groups excluding carboxylic acids is 2. The van der Waals surface area contributed by atoms with Crippen LogP contribution in [0, 0.1) is 19.1 Å². The molecular formula is C67H50Ir2N2O6S2-2. The predicted octanol–water partition coefficient (Wildman–Crippen LogP) is 18.7. The van der Waals surface area contributed by atoms with Gasteiger partial charge in [-0.25, -0.2) is 0 Å². The van der Waals surface area contributed by atoms with Gasteiger partial charge in [0.1, 0.15) is 11.2 Å². The molecule has 0 saturated carbocycles. The van der Waals surface area contributed by atoms with Gasteiger partial charge in [0.25, 0.3) is 0 Å². The van der Waals surface area contributed by atoms with Crippen LogP contribution in [0.1, 0.15) is 33.3 Å². The van der Waals surface area contributed by atoms with E-state index in [2.05, 4.69) is 146 Å². The fourth-order valence-electron chi connectivity index (χ4n) is 9.28. The average Bonchev–Trinajstić information content (AvgIpc) is 4.42. The number of pyridine rings is 2. The summed E-state index contributed by atoms with van der Waals surface area (Å²) in [6.45, 7) is 7.87. The van der Waals surface area contributed by atoms with Crippen LogP contribution in [0.2, 0.25) is 0 Å². The van der Waals surface area contributed by atoms with Crippen molar-refractivity contribution in [2.24, 2.45) is 0 Å². The summed E-state index contributed by atoms with van der Waals surface area (Å²) in [5.41, 5.74) is 13.2.